The standard InChI is InChI=1S/C10H12BrNO2/c1-7(2)14-10(13)12-9-6-4-3-5-8(9)11/h3-7H,1-2H3,(H,12,13). The van der Waals surface area contributed by atoms with Crippen molar-refractivity contribution in [3.8, 4) is 0 Å². The molecule has 1 N–H and O–H groups in total. The molecular formula is C10H12BrNO2. The Labute approximate surface area is 91.6 Å². The first-order chi connectivity index (χ1) is 6.59. The van der Waals surface area contributed by atoms with Crippen molar-refractivity contribution >= 4 is 27.7 Å². The number of anilines is 1. The van der Waals surface area contributed by atoms with Crippen molar-refractivity contribution in [3.05, 3.63) is 28.7 Å². The van der Waals surface area contributed by atoms with Crippen LogP contribution in [0.1, 0.15) is 13.8 Å². The van der Waals surface area contributed by atoms with Crippen LogP contribution in [-0.4, -0.2) is 12.2 Å². The molecule has 0 heterocycles. The van der Waals surface area contributed by atoms with Crippen molar-refractivity contribution in [2.24, 2.45) is 0 Å². The maximum atomic E-state index is 11.2. The lowest BCUT2D eigenvalue weighted by molar-refractivity contribution is 0.130. The van der Waals surface area contributed by atoms with E-state index >= 15 is 0 Å². The number of benzene rings is 1. The molecule has 0 saturated heterocycles. The van der Waals surface area contributed by atoms with Gasteiger partial charge in [0.15, 0.2) is 0 Å². The second kappa shape index (κ2) is 5.00. The third kappa shape index (κ3) is 3.38. The van der Waals surface area contributed by atoms with Crippen LogP contribution in [0.5, 0.6) is 0 Å². The van der Waals surface area contributed by atoms with E-state index in [9.17, 15) is 4.79 Å². The highest BCUT2D eigenvalue weighted by Crippen LogP contribution is 2.21. The van der Waals surface area contributed by atoms with Crippen LogP contribution in [0, 0.1) is 0 Å². The van der Waals surface area contributed by atoms with E-state index in [2.05, 4.69) is 21.2 Å². The number of para-hydroxylation sites is 1. The highest BCUT2D eigenvalue weighted by Gasteiger charge is 2.06. The Morgan fingerprint density at radius 3 is 2.64 bits per heavy atom. The number of halogens is 1. The van der Waals surface area contributed by atoms with E-state index in [0.717, 1.165) is 4.47 Å². The summed E-state index contributed by atoms with van der Waals surface area (Å²) in [4.78, 5) is 11.2. The van der Waals surface area contributed by atoms with Gasteiger partial charge in [0, 0.05) is 4.47 Å². The van der Waals surface area contributed by atoms with Crippen LogP contribution in [0.15, 0.2) is 28.7 Å². The molecule has 1 aromatic rings. The molecule has 0 radical (unpaired) electrons. The van der Waals surface area contributed by atoms with Gasteiger partial charge in [-0.3, -0.25) is 5.32 Å². The van der Waals surface area contributed by atoms with Crippen molar-refractivity contribution in [2.45, 2.75) is 20.0 Å². The molecule has 4 heteroatoms. The van der Waals surface area contributed by atoms with Crippen LogP contribution in [0.3, 0.4) is 0 Å². The first-order valence-corrected chi connectivity index (χ1v) is 5.11. The quantitative estimate of drug-likeness (QED) is 0.882. The maximum absolute atomic E-state index is 11.2. The molecular weight excluding hydrogens is 246 g/mol. The molecule has 0 saturated carbocycles. The molecule has 1 aromatic carbocycles. The summed E-state index contributed by atoms with van der Waals surface area (Å²) in [5.74, 6) is 0. The van der Waals surface area contributed by atoms with Crippen molar-refractivity contribution in [1.82, 2.24) is 0 Å². The molecule has 0 aliphatic carbocycles. The van der Waals surface area contributed by atoms with E-state index in [1.54, 1.807) is 19.9 Å². The molecule has 0 bridgehead atoms. The van der Waals surface area contributed by atoms with Gasteiger partial charge in [0.25, 0.3) is 0 Å². The highest BCUT2D eigenvalue weighted by atomic mass is 79.9. The fourth-order valence-electron chi connectivity index (χ4n) is 0.916. The summed E-state index contributed by atoms with van der Waals surface area (Å²) in [5, 5.41) is 2.63. The molecule has 76 valence electrons. The van der Waals surface area contributed by atoms with Crippen LogP contribution in [-0.2, 0) is 4.74 Å². The van der Waals surface area contributed by atoms with E-state index in [-0.39, 0.29) is 6.10 Å². The van der Waals surface area contributed by atoms with Crippen molar-refractivity contribution in [2.75, 3.05) is 5.32 Å². The molecule has 0 unspecified atom stereocenters. The summed E-state index contributed by atoms with van der Waals surface area (Å²) in [6.45, 7) is 3.61. The minimum absolute atomic E-state index is 0.113. The lowest BCUT2D eigenvalue weighted by atomic mass is 10.3. The Kier molecular flexibility index (Phi) is 3.95. The van der Waals surface area contributed by atoms with Crippen LogP contribution in [0.25, 0.3) is 0 Å². The smallest absolute Gasteiger partial charge is 0.411 e. The van der Waals surface area contributed by atoms with Gasteiger partial charge in [-0.2, -0.15) is 0 Å². The van der Waals surface area contributed by atoms with Gasteiger partial charge in [-0.05, 0) is 41.9 Å². The number of ether oxygens (including phenoxy) is 1. The first-order valence-electron chi connectivity index (χ1n) is 4.31. The van der Waals surface area contributed by atoms with Crippen LogP contribution in [0.4, 0.5) is 10.5 Å². The van der Waals surface area contributed by atoms with Crippen molar-refractivity contribution in [3.63, 3.8) is 0 Å². The topological polar surface area (TPSA) is 38.3 Å². The Morgan fingerprint density at radius 2 is 2.07 bits per heavy atom. The summed E-state index contributed by atoms with van der Waals surface area (Å²) in [6, 6.07) is 7.37. The summed E-state index contributed by atoms with van der Waals surface area (Å²) in [6.07, 6.45) is -0.551. The second-order valence-electron chi connectivity index (χ2n) is 3.06. The Morgan fingerprint density at radius 1 is 1.43 bits per heavy atom. The fourth-order valence-corrected chi connectivity index (χ4v) is 1.30. The molecule has 0 fully saturated rings. The minimum Gasteiger partial charge on any atom is -0.447 e. The number of carbonyl (C=O) groups is 1. The summed E-state index contributed by atoms with van der Waals surface area (Å²) in [7, 11) is 0. The minimum atomic E-state index is -0.438. The third-order valence-corrected chi connectivity index (χ3v) is 2.14. The van der Waals surface area contributed by atoms with Gasteiger partial charge in [-0.15, -0.1) is 0 Å². The van der Waals surface area contributed by atoms with E-state index in [4.69, 9.17) is 4.74 Å². The van der Waals surface area contributed by atoms with E-state index < -0.39 is 6.09 Å². The number of amides is 1. The van der Waals surface area contributed by atoms with Crippen LogP contribution < -0.4 is 5.32 Å². The lowest BCUT2D eigenvalue weighted by Gasteiger charge is -2.10. The van der Waals surface area contributed by atoms with E-state index in [1.807, 2.05) is 18.2 Å². The Hall–Kier alpha value is -1.03. The van der Waals surface area contributed by atoms with Crippen molar-refractivity contribution in [1.29, 1.82) is 0 Å². The fraction of sp³-hybridized carbons (Fsp3) is 0.300. The number of hydrogen-bond donors (Lipinski definition) is 1. The van der Waals surface area contributed by atoms with E-state index in [1.165, 1.54) is 0 Å². The highest BCUT2D eigenvalue weighted by molar-refractivity contribution is 9.10. The van der Waals surface area contributed by atoms with Gasteiger partial charge in [-0.1, -0.05) is 12.1 Å². The first kappa shape index (κ1) is 11.0. The molecule has 3 nitrogen and oxygen atoms in total. The SMILES string of the molecule is CC(C)OC(=O)Nc1ccccc1Br. The van der Waals surface area contributed by atoms with Crippen LogP contribution in [0.2, 0.25) is 0 Å². The van der Waals surface area contributed by atoms with Gasteiger partial charge in [-0.25, -0.2) is 4.79 Å². The molecule has 14 heavy (non-hydrogen) atoms. The molecule has 0 spiro atoms. The number of nitrogens with one attached hydrogen (secondary N) is 1. The van der Waals surface area contributed by atoms with Crippen LogP contribution >= 0.6 is 15.9 Å². The average Bonchev–Trinajstić information content (AvgIpc) is 2.07. The Bertz CT molecular complexity index is 326. The van der Waals surface area contributed by atoms with Crippen molar-refractivity contribution < 1.29 is 9.53 Å². The summed E-state index contributed by atoms with van der Waals surface area (Å²) < 4.78 is 5.77. The third-order valence-electron chi connectivity index (χ3n) is 1.45. The normalized spacial score (nSPS) is 10.0. The predicted molar refractivity (Wildman–Crippen MR) is 59.4 cm³/mol. The number of hydrogen-bond acceptors (Lipinski definition) is 2. The molecule has 0 atom stereocenters. The summed E-state index contributed by atoms with van der Waals surface area (Å²) in [5.41, 5.74) is 0.707. The second-order valence-corrected chi connectivity index (χ2v) is 3.91. The number of carbonyl (C=O) groups excluding carboxylic acids is 1. The van der Waals surface area contributed by atoms with Gasteiger partial charge in [0.1, 0.15) is 0 Å². The summed E-state index contributed by atoms with van der Waals surface area (Å²) >= 11 is 3.32. The molecule has 1 amide bonds. The molecule has 1 rings (SSSR count). The maximum Gasteiger partial charge on any atom is 0.411 e. The zero-order chi connectivity index (χ0) is 10.6. The Balaban J connectivity index is 2.61. The zero-order valence-electron chi connectivity index (χ0n) is 8.08. The largest absolute Gasteiger partial charge is 0.447 e. The molecule has 0 aromatic heterocycles. The monoisotopic (exact) mass is 257 g/mol. The van der Waals surface area contributed by atoms with Gasteiger partial charge < -0.3 is 4.74 Å². The van der Waals surface area contributed by atoms with Gasteiger partial charge in [0.2, 0.25) is 0 Å². The van der Waals surface area contributed by atoms with Gasteiger partial charge in [0.05, 0.1) is 11.8 Å². The van der Waals surface area contributed by atoms with Gasteiger partial charge >= 0.3 is 6.09 Å². The zero-order valence-corrected chi connectivity index (χ0v) is 9.67. The average molecular weight is 258 g/mol. The molecule has 0 aliphatic heterocycles. The predicted octanol–water partition coefficient (Wildman–Crippen LogP) is 3.41. The molecule has 0 aliphatic rings. The van der Waals surface area contributed by atoms with E-state index in [0.29, 0.717) is 5.69 Å². The lowest BCUT2D eigenvalue weighted by Crippen LogP contribution is -2.18. The number of rotatable bonds is 2.